The van der Waals surface area contributed by atoms with Crippen LogP contribution in [0, 0.1) is 0 Å². The molecule has 0 aliphatic heterocycles. The van der Waals surface area contributed by atoms with Gasteiger partial charge < -0.3 is 15.0 Å². The van der Waals surface area contributed by atoms with Crippen LogP contribution < -0.4 is 15.6 Å². The summed E-state index contributed by atoms with van der Waals surface area (Å²) < 4.78 is 10.8. The molecule has 3 aromatic carbocycles. The predicted molar refractivity (Wildman–Crippen MR) is 142 cm³/mol. The molecular weight excluding hydrogens is 472 g/mol. The minimum absolute atomic E-state index is 0.264. The van der Waals surface area contributed by atoms with E-state index in [2.05, 4.69) is 19.7 Å². The number of H-pyrrole nitrogens is 1. The molecule has 0 spiro atoms. The van der Waals surface area contributed by atoms with Gasteiger partial charge in [0, 0.05) is 17.1 Å². The van der Waals surface area contributed by atoms with Gasteiger partial charge in [0.1, 0.15) is 29.2 Å². The Kier molecular flexibility index (Phi) is 5.51. The monoisotopic (exact) mass is 492 g/mol. The van der Waals surface area contributed by atoms with Crippen molar-refractivity contribution in [2.45, 2.75) is 0 Å². The summed E-state index contributed by atoms with van der Waals surface area (Å²) in [6, 6.07) is 27.1. The van der Waals surface area contributed by atoms with E-state index in [1.807, 2.05) is 84.9 Å². The van der Waals surface area contributed by atoms with Crippen molar-refractivity contribution in [1.82, 2.24) is 24.0 Å². The van der Waals surface area contributed by atoms with Gasteiger partial charge >= 0.3 is 0 Å². The fourth-order valence-electron chi connectivity index (χ4n) is 4.20. The van der Waals surface area contributed by atoms with Crippen LogP contribution in [-0.2, 0) is 0 Å². The lowest BCUT2D eigenvalue weighted by molar-refractivity contribution is 0.415. The van der Waals surface area contributed by atoms with E-state index in [9.17, 15) is 4.79 Å². The third kappa shape index (κ3) is 3.81. The normalized spacial score (nSPS) is 11.0. The molecular formula is C27H20N6O2S. The first kappa shape index (κ1) is 21.8. The van der Waals surface area contributed by atoms with Crippen LogP contribution in [-0.4, -0.2) is 31.1 Å². The van der Waals surface area contributed by atoms with E-state index in [0.717, 1.165) is 16.7 Å². The second kappa shape index (κ2) is 9.12. The number of anilines is 2. The summed E-state index contributed by atoms with van der Waals surface area (Å²) >= 11 is 1.20. The van der Waals surface area contributed by atoms with Crippen molar-refractivity contribution in [3.63, 3.8) is 0 Å². The van der Waals surface area contributed by atoms with Gasteiger partial charge in [0.25, 0.3) is 5.56 Å². The number of nitrogens with one attached hydrogen (secondary N) is 2. The standard InChI is InChI=1S/C27H20N6O2S/c1-35-20-14-12-18(13-15-20)22-24(31-27-28-16-29-36-27)30-25-21(17-8-4-2-5-9-17)23(32-33(25)26(22)34)19-10-6-3-7-11-19/h2-16,30H,1H3,(H,28,29,31). The highest BCUT2D eigenvalue weighted by Crippen LogP contribution is 2.36. The summed E-state index contributed by atoms with van der Waals surface area (Å²) in [6.45, 7) is 0. The number of aromatic amines is 1. The van der Waals surface area contributed by atoms with Crippen LogP contribution in [0.2, 0.25) is 0 Å². The number of methoxy groups -OCH3 is 1. The van der Waals surface area contributed by atoms with Crippen molar-refractivity contribution in [2.75, 3.05) is 12.4 Å². The number of aromatic nitrogens is 5. The van der Waals surface area contributed by atoms with Crippen molar-refractivity contribution >= 4 is 28.1 Å². The Bertz CT molecular complexity index is 1690. The van der Waals surface area contributed by atoms with E-state index in [-0.39, 0.29) is 5.56 Å². The molecule has 0 saturated heterocycles. The molecule has 176 valence electrons. The summed E-state index contributed by atoms with van der Waals surface area (Å²) in [5.74, 6) is 1.21. The Hall–Kier alpha value is -4.76. The first-order chi connectivity index (χ1) is 17.7. The van der Waals surface area contributed by atoms with Crippen LogP contribution in [0.5, 0.6) is 5.75 Å². The first-order valence-corrected chi connectivity index (χ1v) is 12.0. The molecule has 0 saturated carbocycles. The van der Waals surface area contributed by atoms with Crippen molar-refractivity contribution < 1.29 is 4.74 Å². The zero-order valence-corrected chi connectivity index (χ0v) is 20.0. The van der Waals surface area contributed by atoms with E-state index < -0.39 is 0 Å². The quantitative estimate of drug-likeness (QED) is 0.313. The van der Waals surface area contributed by atoms with Gasteiger partial charge in [-0.25, -0.2) is 4.98 Å². The molecule has 0 amide bonds. The van der Waals surface area contributed by atoms with Gasteiger partial charge in [0.15, 0.2) is 0 Å². The van der Waals surface area contributed by atoms with Gasteiger partial charge in [-0.05, 0) is 23.3 Å². The molecule has 0 bridgehead atoms. The number of nitrogens with zero attached hydrogens (tertiary/aromatic N) is 4. The SMILES string of the molecule is COc1ccc(-c2c(Nc3ncns3)[nH]c3c(-c4ccccc4)c(-c4ccccc4)nn3c2=O)cc1. The lowest BCUT2D eigenvalue weighted by atomic mass is 10.0. The van der Waals surface area contributed by atoms with E-state index in [1.54, 1.807) is 7.11 Å². The van der Waals surface area contributed by atoms with Crippen LogP contribution in [0.1, 0.15) is 0 Å². The summed E-state index contributed by atoms with van der Waals surface area (Å²) in [6.07, 6.45) is 1.47. The molecule has 3 aromatic heterocycles. The van der Waals surface area contributed by atoms with Crippen molar-refractivity contribution in [2.24, 2.45) is 0 Å². The third-order valence-electron chi connectivity index (χ3n) is 5.87. The van der Waals surface area contributed by atoms with Crippen molar-refractivity contribution in [1.29, 1.82) is 0 Å². The number of hydrogen-bond donors (Lipinski definition) is 2. The van der Waals surface area contributed by atoms with E-state index in [0.29, 0.717) is 39.2 Å². The van der Waals surface area contributed by atoms with Gasteiger partial charge in [-0.15, -0.1) is 0 Å². The van der Waals surface area contributed by atoms with Gasteiger partial charge in [0.05, 0.1) is 18.2 Å². The molecule has 6 aromatic rings. The zero-order chi connectivity index (χ0) is 24.5. The lowest BCUT2D eigenvalue weighted by Crippen LogP contribution is -2.19. The Morgan fingerprint density at radius 1 is 0.861 bits per heavy atom. The molecule has 9 heteroatoms. The zero-order valence-electron chi connectivity index (χ0n) is 19.2. The molecule has 3 heterocycles. The highest BCUT2D eigenvalue weighted by molar-refractivity contribution is 7.09. The van der Waals surface area contributed by atoms with E-state index in [4.69, 9.17) is 9.84 Å². The second-order valence-electron chi connectivity index (χ2n) is 8.00. The molecule has 0 radical (unpaired) electrons. The van der Waals surface area contributed by atoms with E-state index >= 15 is 0 Å². The summed E-state index contributed by atoms with van der Waals surface area (Å²) in [5.41, 5.74) is 4.86. The van der Waals surface area contributed by atoms with Crippen LogP contribution in [0.3, 0.4) is 0 Å². The van der Waals surface area contributed by atoms with Crippen molar-refractivity contribution in [3.05, 3.63) is 102 Å². The Morgan fingerprint density at radius 3 is 2.17 bits per heavy atom. The maximum atomic E-state index is 14.0. The van der Waals surface area contributed by atoms with Crippen LogP contribution in [0.25, 0.3) is 39.2 Å². The molecule has 0 unspecified atom stereocenters. The first-order valence-electron chi connectivity index (χ1n) is 11.2. The Morgan fingerprint density at radius 2 is 1.53 bits per heavy atom. The summed E-state index contributed by atoms with van der Waals surface area (Å²) in [7, 11) is 1.61. The number of ether oxygens (including phenoxy) is 1. The topological polar surface area (TPSA) is 97.2 Å². The Balaban J connectivity index is 1.67. The van der Waals surface area contributed by atoms with Crippen molar-refractivity contribution in [3.8, 4) is 39.3 Å². The van der Waals surface area contributed by atoms with Gasteiger partial charge in [-0.2, -0.15) is 14.0 Å². The number of benzene rings is 3. The number of fused-ring (bicyclic) bond motifs is 1. The maximum Gasteiger partial charge on any atom is 0.284 e. The summed E-state index contributed by atoms with van der Waals surface area (Å²) in [4.78, 5) is 21.7. The molecule has 0 aliphatic carbocycles. The van der Waals surface area contributed by atoms with Crippen LogP contribution in [0.4, 0.5) is 10.9 Å². The highest BCUT2D eigenvalue weighted by Gasteiger charge is 2.23. The second-order valence-corrected chi connectivity index (χ2v) is 8.78. The fraction of sp³-hybridized carbons (Fsp3) is 0.0370. The summed E-state index contributed by atoms with van der Waals surface area (Å²) in [5, 5.41) is 8.63. The predicted octanol–water partition coefficient (Wildman–Crippen LogP) is 5.63. The smallest absolute Gasteiger partial charge is 0.284 e. The molecule has 0 aliphatic rings. The number of rotatable bonds is 6. The van der Waals surface area contributed by atoms with Crippen LogP contribution in [0.15, 0.2) is 96.1 Å². The van der Waals surface area contributed by atoms with Gasteiger partial charge in [-0.1, -0.05) is 72.8 Å². The largest absolute Gasteiger partial charge is 0.497 e. The maximum absolute atomic E-state index is 14.0. The average Bonchev–Trinajstić information content (AvgIpc) is 3.58. The Labute approximate surface area is 210 Å². The molecule has 2 N–H and O–H groups in total. The molecule has 8 nitrogen and oxygen atoms in total. The van der Waals surface area contributed by atoms with Gasteiger partial charge in [0.2, 0.25) is 5.13 Å². The third-order valence-corrected chi connectivity index (χ3v) is 6.45. The number of hydrogen-bond acceptors (Lipinski definition) is 7. The average molecular weight is 493 g/mol. The van der Waals surface area contributed by atoms with Crippen LogP contribution >= 0.6 is 11.5 Å². The fourth-order valence-corrected chi connectivity index (χ4v) is 4.64. The lowest BCUT2D eigenvalue weighted by Gasteiger charge is -2.12. The molecule has 36 heavy (non-hydrogen) atoms. The van der Waals surface area contributed by atoms with E-state index in [1.165, 1.54) is 22.4 Å². The minimum atomic E-state index is -0.264. The molecule has 0 atom stereocenters. The molecule has 6 rings (SSSR count). The van der Waals surface area contributed by atoms with Gasteiger partial charge in [-0.3, -0.25) is 4.79 Å². The minimum Gasteiger partial charge on any atom is -0.497 e. The molecule has 0 fully saturated rings. The highest BCUT2D eigenvalue weighted by atomic mass is 32.1.